The summed E-state index contributed by atoms with van der Waals surface area (Å²) in [6, 6.07) is 20.1. The topological polar surface area (TPSA) is 63.6 Å². The van der Waals surface area contributed by atoms with Crippen LogP contribution in [-0.4, -0.2) is 29.2 Å². The zero-order valence-corrected chi connectivity index (χ0v) is 21.8. The maximum absolute atomic E-state index is 14.0. The van der Waals surface area contributed by atoms with Gasteiger partial charge in [-0.3, -0.25) is 14.5 Å². The molecule has 1 aliphatic rings. The number of fused-ring (bicyclic) bond motifs is 3. The number of anilines is 1. The summed E-state index contributed by atoms with van der Waals surface area (Å²) in [4.78, 5) is 29.2. The van der Waals surface area contributed by atoms with Gasteiger partial charge in [0.2, 0.25) is 11.8 Å². The molecule has 0 saturated carbocycles. The van der Waals surface area contributed by atoms with Crippen molar-refractivity contribution in [2.75, 3.05) is 17.8 Å². The van der Waals surface area contributed by atoms with Gasteiger partial charge in [0, 0.05) is 35.6 Å². The molecule has 1 atom stereocenters. The highest BCUT2D eigenvalue weighted by Gasteiger charge is 2.40. The van der Waals surface area contributed by atoms with E-state index in [1.165, 1.54) is 11.8 Å². The van der Waals surface area contributed by atoms with Crippen molar-refractivity contribution in [3.05, 3.63) is 88.4 Å². The number of thioether (sulfide) groups is 1. The van der Waals surface area contributed by atoms with E-state index < -0.39 is 6.04 Å². The molecule has 0 fully saturated rings. The van der Waals surface area contributed by atoms with Crippen LogP contribution in [0.1, 0.15) is 22.7 Å². The summed E-state index contributed by atoms with van der Waals surface area (Å²) in [6.07, 6.45) is 0. The van der Waals surface area contributed by atoms with E-state index in [1.54, 1.807) is 12.0 Å². The zero-order valence-electron chi connectivity index (χ0n) is 20.2. The summed E-state index contributed by atoms with van der Waals surface area (Å²) < 4.78 is 7.51. The minimum atomic E-state index is -0.900. The molecule has 2 heterocycles. The summed E-state index contributed by atoms with van der Waals surface area (Å²) in [5, 5.41) is 5.32. The zero-order chi connectivity index (χ0) is 25.4. The van der Waals surface area contributed by atoms with E-state index in [0.29, 0.717) is 16.5 Å². The molecule has 0 radical (unpaired) electrons. The van der Waals surface area contributed by atoms with Crippen molar-refractivity contribution in [3.8, 4) is 5.75 Å². The predicted molar refractivity (Wildman–Crippen MR) is 145 cm³/mol. The van der Waals surface area contributed by atoms with Gasteiger partial charge in [0.15, 0.2) is 0 Å². The number of hydrogen-bond acceptors (Lipinski definition) is 4. The monoisotopic (exact) mass is 519 g/mol. The Morgan fingerprint density at radius 3 is 2.67 bits per heavy atom. The van der Waals surface area contributed by atoms with Crippen LogP contribution in [0.3, 0.4) is 0 Å². The van der Waals surface area contributed by atoms with E-state index in [0.717, 1.165) is 32.6 Å². The molecule has 8 heteroatoms. The van der Waals surface area contributed by atoms with Gasteiger partial charge in [-0.2, -0.15) is 0 Å². The van der Waals surface area contributed by atoms with Crippen LogP contribution >= 0.6 is 23.4 Å². The molecule has 4 aromatic rings. The molecule has 1 unspecified atom stereocenters. The van der Waals surface area contributed by atoms with E-state index in [-0.39, 0.29) is 24.1 Å². The summed E-state index contributed by atoms with van der Waals surface area (Å²) >= 11 is 8.11. The maximum atomic E-state index is 14.0. The molecule has 36 heavy (non-hydrogen) atoms. The van der Waals surface area contributed by atoms with Crippen LogP contribution in [0.15, 0.2) is 71.8 Å². The second-order valence-corrected chi connectivity index (χ2v) is 10.1. The van der Waals surface area contributed by atoms with E-state index >= 15 is 0 Å². The normalized spacial score (nSPS) is 15.5. The SMILES string of the molecule is COc1ccccc1CNC(=O)C1c2c(n(C)c3ccccc23)SCC(=O)N1c1ccc(C)cc1Cl. The predicted octanol–water partition coefficient (Wildman–Crippen LogP) is 5.65. The molecule has 3 aromatic carbocycles. The number of nitrogens with zero attached hydrogens (tertiary/aromatic N) is 2. The Morgan fingerprint density at radius 2 is 1.89 bits per heavy atom. The van der Waals surface area contributed by atoms with Crippen LogP contribution in [0.4, 0.5) is 5.69 Å². The molecular weight excluding hydrogens is 494 g/mol. The van der Waals surface area contributed by atoms with Crippen LogP contribution in [0.5, 0.6) is 5.75 Å². The number of methoxy groups -OCH3 is 1. The average molecular weight is 520 g/mol. The third kappa shape index (κ3) is 4.22. The van der Waals surface area contributed by atoms with Crippen molar-refractivity contribution in [2.45, 2.75) is 24.5 Å². The van der Waals surface area contributed by atoms with Gasteiger partial charge in [0.1, 0.15) is 11.8 Å². The van der Waals surface area contributed by atoms with E-state index in [1.807, 2.05) is 80.7 Å². The fourth-order valence-corrected chi connectivity index (χ4v) is 6.16. The Balaban J connectivity index is 1.66. The lowest BCUT2D eigenvalue weighted by atomic mass is 10.0. The molecule has 0 aliphatic carbocycles. The van der Waals surface area contributed by atoms with Crippen molar-refractivity contribution in [3.63, 3.8) is 0 Å². The van der Waals surface area contributed by atoms with Gasteiger partial charge >= 0.3 is 0 Å². The van der Waals surface area contributed by atoms with Gasteiger partial charge in [-0.05, 0) is 36.8 Å². The first-order valence-corrected chi connectivity index (χ1v) is 12.9. The summed E-state index contributed by atoms with van der Waals surface area (Å²) in [5.74, 6) is 0.418. The number of hydrogen-bond donors (Lipinski definition) is 1. The maximum Gasteiger partial charge on any atom is 0.248 e. The van der Waals surface area contributed by atoms with Crippen LogP contribution in [0, 0.1) is 6.92 Å². The molecule has 0 bridgehead atoms. The third-order valence-corrected chi connectivity index (χ3v) is 7.94. The van der Waals surface area contributed by atoms with Crippen LogP contribution in [0.2, 0.25) is 5.02 Å². The largest absolute Gasteiger partial charge is 0.496 e. The van der Waals surface area contributed by atoms with E-state index in [2.05, 4.69) is 9.88 Å². The minimum absolute atomic E-state index is 0.177. The molecule has 6 nitrogen and oxygen atoms in total. The van der Waals surface area contributed by atoms with Crippen molar-refractivity contribution < 1.29 is 14.3 Å². The number of carbonyl (C=O) groups is 2. The molecule has 1 N–H and O–H groups in total. The lowest BCUT2D eigenvalue weighted by molar-refractivity contribution is -0.125. The Hall–Kier alpha value is -3.42. The highest BCUT2D eigenvalue weighted by Crippen LogP contribution is 2.44. The van der Waals surface area contributed by atoms with Crippen LogP contribution < -0.4 is 15.0 Å². The first-order valence-electron chi connectivity index (χ1n) is 11.6. The lowest BCUT2D eigenvalue weighted by Gasteiger charge is -2.30. The lowest BCUT2D eigenvalue weighted by Crippen LogP contribution is -2.44. The Kier molecular flexibility index (Phi) is 6.69. The summed E-state index contributed by atoms with van der Waals surface area (Å²) in [7, 11) is 3.57. The Morgan fingerprint density at radius 1 is 1.14 bits per heavy atom. The van der Waals surface area contributed by atoms with Crippen molar-refractivity contribution in [2.24, 2.45) is 7.05 Å². The number of halogens is 1. The number of para-hydroxylation sites is 2. The van der Waals surface area contributed by atoms with Crippen LogP contribution in [-0.2, 0) is 23.2 Å². The molecule has 0 spiro atoms. The molecule has 0 saturated heterocycles. The van der Waals surface area contributed by atoms with Crippen molar-refractivity contribution >= 4 is 51.8 Å². The average Bonchev–Trinajstić information content (AvgIpc) is 3.06. The third-order valence-electron chi connectivity index (χ3n) is 6.48. The second-order valence-electron chi connectivity index (χ2n) is 8.73. The molecule has 5 rings (SSSR count). The molecule has 1 aliphatic heterocycles. The second kappa shape index (κ2) is 9.91. The number of amides is 2. The highest BCUT2D eigenvalue weighted by atomic mass is 35.5. The highest BCUT2D eigenvalue weighted by molar-refractivity contribution is 8.00. The minimum Gasteiger partial charge on any atom is -0.496 e. The fraction of sp³-hybridized carbons (Fsp3) is 0.214. The van der Waals surface area contributed by atoms with Gasteiger partial charge in [-0.1, -0.05) is 65.8 Å². The van der Waals surface area contributed by atoms with Gasteiger partial charge in [-0.25, -0.2) is 0 Å². The molecular formula is C28H26ClN3O3S. The van der Waals surface area contributed by atoms with Crippen molar-refractivity contribution in [1.29, 1.82) is 0 Å². The van der Waals surface area contributed by atoms with Gasteiger partial charge in [0.25, 0.3) is 0 Å². The van der Waals surface area contributed by atoms with E-state index in [4.69, 9.17) is 16.3 Å². The number of carbonyl (C=O) groups excluding carboxylic acids is 2. The fourth-order valence-electron chi connectivity index (χ4n) is 4.77. The number of aromatic nitrogens is 1. The number of rotatable bonds is 5. The van der Waals surface area contributed by atoms with Gasteiger partial charge < -0.3 is 14.6 Å². The smallest absolute Gasteiger partial charge is 0.248 e. The quantitative estimate of drug-likeness (QED) is 0.370. The number of benzene rings is 3. The molecule has 184 valence electrons. The van der Waals surface area contributed by atoms with Gasteiger partial charge in [0.05, 0.1) is 28.6 Å². The summed E-state index contributed by atoms with van der Waals surface area (Å²) in [5.41, 5.74) is 4.15. The molecule has 2 amide bonds. The van der Waals surface area contributed by atoms with Crippen molar-refractivity contribution in [1.82, 2.24) is 9.88 Å². The standard InChI is InChI=1S/C28H26ClN3O3S/c1-17-12-13-22(20(29)14-17)32-24(33)16-36-28-25(19-9-5-6-10-21(19)31(28)2)26(32)27(34)30-15-18-8-4-7-11-23(18)35-3/h4-14,26H,15-16H2,1-3H3,(H,30,34). The number of aryl methyl sites for hydroxylation is 2. The Labute approximate surface area is 219 Å². The van der Waals surface area contributed by atoms with Crippen LogP contribution in [0.25, 0.3) is 10.9 Å². The van der Waals surface area contributed by atoms with E-state index in [9.17, 15) is 9.59 Å². The Bertz CT molecular complexity index is 1480. The number of nitrogens with one attached hydrogen (secondary N) is 1. The summed E-state index contributed by atoms with van der Waals surface area (Å²) in [6.45, 7) is 2.20. The first kappa shape index (κ1) is 24.3. The first-order chi connectivity index (χ1) is 17.4. The molecule has 1 aromatic heterocycles. The van der Waals surface area contributed by atoms with Gasteiger partial charge in [-0.15, -0.1) is 0 Å². The number of ether oxygens (including phenoxy) is 1.